The normalized spacial score (nSPS) is 10.5. The van der Waals surface area contributed by atoms with E-state index in [1.165, 1.54) is 43.9 Å². The minimum atomic E-state index is -0.423. The molecule has 4 nitrogen and oxygen atoms in total. The van der Waals surface area contributed by atoms with Crippen LogP contribution in [-0.2, 0) is 6.42 Å². The lowest BCUT2D eigenvalue weighted by Crippen LogP contribution is -2.00. The van der Waals surface area contributed by atoms with Crippen LogP contribution in [0.3, 0.4) is 0 Å². The lowest BCUT2D eigenvalue weighted by atomic mass is 10.0. The quantitative estimate of drug-likeness (QED) is 0.274. The van der Waals surface area contributed by atoms with E-state index in [1.54, 1.807) is 0 Å². The minimum absolute atomic E-state index is 0.0449. The van der Waals surface area contributed by atoms with Crippen molar-refractivity contribution in [2.75, 3.05) is 0 Å². The Kier molecular flexibility index (Phi) is 7.44. The molecule has 1 rings (SSSR count). The van der Waals surface area contributed by atoms with E-state index < -0.39 is 4.92 Å². The van der Waals surface area contributed by atoms with Crippen LogP contribution >= 0.6 is 15.9 Å². The summed E-state index contributed by atoms with van der Waals surface area (Å²) < 4.78 is -0.214. The molecule has 0 aliphatic heterocycles. The van der Waals surface area contributed by atoms with Crippen molar-refractivity contribution < 1.29 is 9.72 Å². The Bertz CT molecular complexity index is 474. The highest BCUT2D eigenvalue weighted by Crippen LogP contribution is 2.22. The summed E-state index contributed by atoms with van der Waals surface area (Å²) in [5.74, 6) is 0. The Labute approximate surface area is 127 Å². The van der Waals surface area contributed by atoms with Crippen molar-refractivity contribution in [2.45, 2.75) is 51.9 Å². The van der Waals surface area contributed by atoms with Crippen LogP contribution in [0.25, 0.3) is 0 Å². The Balaban J connectivity index is 2.63. The zero-order valence-corrected chi connectivity index (χ0v) is 13.3. The highest BCUT2D eigenvalue weighted by atomic mass is 79.9. The van der Waals surface area contributed by atoms with Crippen LogP contribution in [0.5, 0.6) is 0 Å². The topological polar surface area (TPSA) is 60.2 Å². The molecule has 0 spiro atoms. The maximum atomic E-state index is 11.5. The molecule has 20 heavy (non-hydrogen) atoms. The van der Waals surface area contributed by atoms with Crippen LogP contribution in [0, 0.1) is 10.1 Å². The summed E-state index contributed by atoms with van der Waals surface area (Å²) in [6, 6.07) is 4.42. The highest BCUT2D eigenvalue weighted by Gasteiger charge is 2.13. The standard InChI is InChI=1S/C15H20BrNO3/c1-2-3-4-5-6-7-8-12-11-13(17(19)20)9-10-14(12)15(16)18/h9-11H,2-8H2,1H3. The Hall–Kier alpha value is -1.23. The van der Waals surface area contributed by atoms with E-state index in [0.29, 0.717) is 12.0 Å². The van der Waals surface area contributed by atoms with Gasteiger partial charge in [0.25, 0.3) is 5.69 Å². The number of carbonyl (C=O) groups is 1. The molecule has 0 N–H and O–H groups in total. The fourth-order valence-electron chi connectivity index (χ4n) is 2.19. The number of nitro groups is 1. The van der Waals surface area contributed by atoms with Gasteiger partial charge in [-0.3, -0.25) is 14.9 Å². The van der Waals surface area contributed by atoms with E-state index in [4.69, 9.17) is 0 Å². The monoisotopic (exact) mass is 341 g/mol. The van der Waals surface area contributed by atoms with Crippen molar-refractivity contribution in [3.8, 4) is 0 Å². The molecule has 0 aromatic heterocycles. The second-order valence-corrected chi connectivity index (χ2v) is 5.61. The van der Waals surface area contributed by atoms with Gasteiger partial charge in [-0.05, 0) is 40.4 Å². The van der Waals surface area contributed by atoms with Gasteiger partial charge in [0.15, 0.2) is 0 Å². The van der Waals surface area contributed by atoms with Crippen molar-refractivity contribution in [3.05, 3.63) is 39.4 Å². The molecule has 0 unspecified atom stereocenters. The first kappa shape index (κ1) is 16.8. The van der Waals surface area contributed by atoms with Crippen LogP contribution in [0.4, 0.5) is 5.69 Å². The number of carbonyl (C=O) groups excluding carboxylic acids is 1. The number of halogens is 1. The average molecular weight is 342 g/mol. The zero-order valence-electron chi connectivity index (χ0n) is 11.7. The first-order valence-electron chi connectivity index (χ1n) is 7.03. The maximum Gasteiger partial charge on any atom is 0.269 e. The Morgan fingerprint density at radius 2 is 1.85 bits per heavy atom. The smallest absolute Gasteiger partial charge is 0.269 e. The van der Waals surface area contributed by atoms with Gasteiger partial charge in [-0.25, -0.2) is 0 Å². The number of unbranched alkanes of at least 4 members (excludes halogenated alkanes) is 5. The molecule has 0 bridgehead atoms. The minimum Gasteiger partial charge on any atom is -0.281 e. The molecule has 0 fully saturated rings. The summed E-state index contributed by atoms with van der Waals surface area (Å²) >= 11 is 2.93. The Morgan fingerprint density at radius 3 is 2.45 bits per heavy atom. The third kappa shape index (κ3) is 5.41. The predicted molar refractivity (Wildman–Crippen MR) is 83.4 cm³/mol. The molecule has 0 radical (unpaired) electrons. The van der Waals surface area contributed by atoms with Gasteiger partial charge in [0.2, 0.25) is 4.69 Å². The van der Waals surface area contributed by atoms with Gasteiger partial charge in [0.05, 0.1) is 4.92 Å². The number of hydrogen-bond donors (Lipinski definition) is 0. The number of rotatable bonds is 9. The molecule has 110 valence electrons. The summed E-state index contributed by atoms with van der Waals surface area (Å²) in [5.41, 5.74) is 1.34. The third-order valence-electron chi connectivity index (χ3n) is 3.31. The van der Waals surface area contributed by atoms with Gasteiger partial charge < -0.3 is 0 Å². The van der Waals surface area contributed by atoms with Crippen molar-refractivity contribution in [3.63, 3.8) is 0 Å². The van der Waals surface area contributed by atoms with E-state index >= 15 is 0 Å². The molecule has 0 aliphatic carbocycles. The van der Waals surface area contributed by atoms with Crippen LogP contribution in [0.2, 0.25) is 0 Å². The predicted octanol–water partition coefficient (Wildman–Crippen LogP) is 5.03. The van der Waals surface area contributed by atoms with Crippen molar-refractivity contribution in [2.24, 2.45) is 0 Å². The molecule has 1 aromatic rings. The number of non-ortho nitro benzene ring substituents is 1. The van der Waals surface area contributed by atoms with Gasteiger partial charge in [0.1, 0.15) is 0 Å². The van der Waals surface area contributed by atoms with E-state index in [2.05, 4.69) is 22.9 Å². The molecule has 0 amide bonds. The van der Waals surface area contributed by atoms with E-state index in [0.717, 1.165) is 18.4 Å². The van der Waals surface area contributed by atoms with Gasteiger partial charge >= 0.3 is 0 Å². The summed E-state index contributed by atoms with van der Waals surface area (Å²) in [6.45, 7) is 2.18. The summed E-state index contributed by atoms with van der Waals surface area (Å²) in [7, 11) is 0. The number of hydrogen-bond acceptors (Lipinski definition) is 3. The SMILES string of the molecule is CCCCCCCCc1cc([N+](=O)[O-])ccc1C(=O)Br. The van der Waals surface area contributed by atoms with E-state index in [1.807, 2.05) is 0 Å². The second-order valence-electron chi connectivity index (χ2n) is 4.89. The van der Waals surface area contributed by atoms with Crippen LogP contribution in [-0.4, -0.2) is 9.62 Å². The lowest BCUT2D eigenvalue weighted by Gasteiger charge is -2.06. The number of aryl methyl sites for hydroxylation is 1. The van der Waals surface area contributed by atoms with Gasteiger partial charge in [-0.2, -0.15) is 0 Å². The second kappa shape index (κ2) is 8.84. The van der Waals surface area contributed by atoms with Gasteiger partial charge in [-0.15, -0.1) is 0 Å². The molecular weight excluding hydrogens is 322 g/mol. The van der Waals surface area contributed by atoms with Crippen molar-refractivity contribution in [1.82, 2.24) is 0 Å². The first-order chi connectivity index (χ1) is 9.56. The van der Waals surface area contributed by atoms with Gasteiger partial charge in [0, 0.05) is 17.7 Å². The van der Waals surface area contributed by atoms with Crippen molar-refractivity contribution >= 4 is 26.3 Å². The molecule has 0 saturated carbocycles. The summed E-state index contributed by atoms with van der Waals surface area (Å²) in [6.07, 6.45) is 7.64. The summed E-state index contributed by atoms with van der Waals surface area (Å²) in [4.78, 5) is 21.8. The fraction of sp³-hybridized carbons (Fsp3) is 0.533. The van der Waals surface area contributed by atoms with Crippen LogP contribution in [0.1, 0.15) is 61.4 Å². The van der Waals surface area contributed by atoms with Gasteiger partial charge in [-0.1, -0.05) is 39.0 Å². The summed E-state index contributed by atoms with van der Waals surface area (Å²) in [5, 5.41) is 10.8. The number of nitro benzene ring substituents is 1. The van der Waals surface area contributed by atoms with E-state index in [9.17, 15) is 14.9 Å². The van der Waals surface area contributed by atoms with Crippen LogP contribution < -0.4 is 0 Å². The molecule has 1 aromatic carbocycles. The molecular formula is C15H20BrNO3. The molecule has 0 atom stereocenters. The van der Waals surface area contributed by atoms with Crippen LogP contribution in [0.15, 0.2) is 18.2 Å². The lowest BCUT2D eigenvalue weighted by molar-refractivity contribution is -0.384. The fourth-order valence-corrected chi connectivity index (χ4v) is 2.57. The molecule has 0 saturated heterocycles. The van der Waals surface area contributed by atoms with E-state index in [-0.39, 0.29) is 10.4 Å². The maximum absolute atomic E-state index is 11.5. The molecule has 0 heterocycles. The molecule has 5 heteroatoms. The zero-order chi connectivity index (χ0) is 15.0. The largest absolute Gasteiger partial charge is 0.281 e. The number of nitrogens with zero attached hydrogens (tertiary/aromatic N) is 1. The highest BCUT2D eigenvalue weighted by molar-refractivity contribution is 9.18. The van der Waals surface area contributed by atoms with Crippen molar-refractivity contribution in [1.29, 1.82) is 0 Å². The number of benzene rings is 1. The molecule has 0 aliphatic rings. The third-order valence-corrected chi connectivity index (χ3v) is 3.74. The first-order valence-corrected chi connectivity index (χ1v) is 7.82. The Morgan fingerprint density at radius 1 is 1.20 bits per heavy atom. The average Bonchev–Trinajstić information content (AvgIpc) is 2.42.